The van der Waals surface area contributed by atoms with E-state index in [0.29, 0.717) is 24.4 Å². The minimum Gasteiger partial charge on any atom is -0.497 e. The highest BCUT2D eigenvalue weighted by atomic mass is 16.5. The van der Waals surface area contributed by atoms with Crippen LogP contribution in [0.1, 0.15) is 22.3 Å². The van der Waals surface area contributed by atoms with E-state index >= 15 is 0 Å². The van der Waals surface area contributed by atoms with E-state index in [-0.39, 0.29) is 12.0 Å². The van der Waals surface area contributed by atoms with Crippen LogP contribution in [0.25, 0.3) is 0 Å². The molecule has 1 atom stereocenters. The Hall–Kier alpha value is -2.95. The summed E-state index contributed by atoms with van der Waals surface area (Å²) < 4.78 is 10.9. The number of hydrogen-bond acceptors (Lipinski definition) is 4. The van der Waals surface area contributed by atoms with Crippen molar-refractivity contribution < 1.29 is 14.3 Å². The predicted octanol–water partition coefficient (Wildman–Crippen LogP) is 3.71. The molecular weight excluding hydrogens is 340 g/mol. The zero-order valence-electron chi connectivity index (χ0n) is 16.1. The Morgan fingerprint density at radius 3 is 2.59 bits per heavy atom. The molecule has 0 radical (unpaired) electrons. The summed E-state index contributed by atoms with van der Waals surface area (Å²) >= 11 is 0. The number of ether oxygens (including phenoxy) is 2. The molecule has 2 aromatic rings. The van der Waals surface area contributed by atoms with Gasteiger partial charge >= 0.3 is 0 Å². The van der Waals surface area contributed by atoms with Gasteiger partial charge in [0.25, 0.3) is 5.91 Å². The lowest BCUT2D eigenvalue weighted by atomic mass is 10.1. The number of anilines is 1. The molecular formula is C22H26N2O3. The van der Waals surface area contributed by atoms with Gasteiger partial charge in [0, 0.05) is 38.3 Å². The second-order valence-corrected chi connectivity index (χ2v) is 6.84. The normalized spacial score (nSPS) is 15.3. The molecule has 1 unspecified atom stereocenters. The lowest BCUT2D eigenvalue weighted by molar-refractivity contribution is 0.0610. The highest BCUT2D eigenvalue weighted by Gasteiger charge is 2.22. The van der Waals surface area contributed by atoms with Gasteiger partial charge in [-0.15, -0.1) is 0 Å². The Balaban J connectivity index is 1.80. The van der Waals surface area contributed by atoms with Crippen LogP contribution in [0.15, 0.2) is 60.9 Å². The highest BCUT2D eigenvalue weighted by Crippen LogP contribution is 2.20. The average molecular weight is 366 g/mol. The summed E-state index contributed by atoms with van der Waals surface area (Å²) in [7, 11) is 5.63. The zero-order chi connectivity index (χ0) is 19.2. The predicted molar refractivity (Wildman–Crippen MR) is 107 cm³/mol. The first-order valence-electron chi connectivity index (χ1n) is 9.07. The summed E-state index contributed by atoms with van der Waals surface area (Å²) in [5, 5.41) is 0. The molecule has 0 fully saturated rings. The van der Waals surface area contributed by atoms with Crippen LogP contribution < -0.4 is 9.64 Å². The van der Waals surface area contributed by atoms with E-state index in [1.54, 1.807) is 19.4 Å². The van der Waals surface area contributed by atoms with E-state index in [4.69, 9.17) is 9.47 Å². The molecule has 0 N–H and O–H groups in total. The maximum absolute atomic E-state index is 13.2. The van der Waals surface area contributed by atoms with Gasteiger partial charge in [-0.3, -0.25) is 4.79 Å². The van der Waals surface area contributed by atoms with E-state index in [0.717, 1.165) is 17.7 Å². The molecule has 3 rings (SSSR count). The van der Waals surface area contributed by atoms with E-state index in [2.05, 4.69) is 29.2 Å². The van der Waals surface area contributed by atoms with Crippen LogP contribution in [0.3, 0.4) is 0 Å². The molecule has 0 bridgehead atoms. The van der Waals surface area contributed by atoms with Crippen molar-refractivity contribution in [2.45, 2.75) is 19.1 Å². The van der Waals surface area contributed by atoms with Crippen LogP contribution in [0, 0.1) is 0 Å². The Morgan fingerprint density at radius 1 is 1.19 bits per heavy atom. The summed E-state index contributed by atoms with van der Waals surface area (Å²) in [6.07, 6.45) is 4.53. The molecule has 0 saturated heterocycles. The summed E-state index contributed by atoms with van der Waals surface area (Å²) in [5.74, 6) is 0.649. The van der Waals surface area contributed by atoms with Crippen LogP contribution in [0.5, 0.6) is 5.75 Å². The van der Waals surface area contributed by atoms with Crippen molar-refractivity contribution in [2.24, 2.45) is 0 Å². The van der Waals surface area contributed by atoms with Crippen molar-refractivity contribution in [2.75, 3.05) is 32.6 Å². The van der Waals surface area contributed by atoms with Gasteiger partial charge < -0.3 is 19.3 Å². The van der Waals surface area contributed by atoms with E-state index in [9.17, 15) is 4.79 Å². The fourth-order valence-electron chi connectivity index (χ4n) is 3.07. The minimum absolute atomic E-state index is 0.000561. The lowest BCUT2D eigenvalue weighted by Crippen LogP contribution is -2.37. The molecule has 2 aromatic carbocycles. The SMILES string of the molecule is COc1cccc(C(=O)N(Cc2ccc(N(C)C)cc2)CC2CC=CO2)c1. The fourth-order valence-corrected chi connectivity index (χ4v) is 3.07. The second-order valence-electron chi connectivity index (χ2n) is 6.84. The maximum Gasteiger partial charge on any atom is 0.254 e. The monoisotopic (exact) mass is 366 g/mol. The summed E-state index contributed by atoms with van der Waals surface area (Å²) in [6.45, 7) is 1.07. The van der Waals surface area contributed by atoms with Crippen LogP contribution in [-0.4, -0.2) is 44.7 Å². The number of carbonyl (C=O) groups excluding carboxylic acids is 1. The van der Waals surface area contributed by atoms with Gasteiger partial charge in [0.05, 0.1) is 19.9 Å². The molecule has 1 amide bonds. The largest absolute Gasteiger partial charge is 0.497 e. The second kappa shape index (κ2) is 8.62. The zero-order valence-corrected chi connectivity index (χ0v) is 16.1. The van der Waals surface area contributed by atoms with Crippen molar-refractivity contribution in [3.05, 3.63) is 72.0 Å². The topological polar surface area (TPSA) is 42.0 Å². The van der Waals surface area contributed by atoms with Crippen LogP contribution in [-0.2, 0) is 11.3 Å². The van der Waals surface area contributed by atoms with Crippen molar-refractivity contribution in [1.82, 2.24) is 4.90 Å². The number of methoxy groups -OCH3 is 1. The summed E-state index contributed by atoms with van der Waals surface area (Å²) in [6, 6.07) is 15.5. The average Bonchev–Trinajstić information content (AvgIpc) is 3.20. The van der Waals surface area contributed by atoms with Crippen LogP contribution >= 0.6 is 0 Å². The first kappa shape index (κ1) is 18.8. The maximum atomic E-state index is 13.2. The molecule has 142 valence electrons. The first-order valence-corrected chi connectivity index (χ1v) is 9.07. The Morgan fingerprint density at radius 2 is 1.96 bits per heavy atom. The number of benzene rings is 2. The van der Waals surface area contributed by atoms with Gasteiger partial charge in [-0.2, -0.15) is 0 Å². The number of carbonyl (C=O) groups is 1. The Labute approximate surface area is 160 Å². The number of rotatable bonds is 7. The van der Waals surface area contributed by atoms with Crippen LogP contribution in [0.2, 0.25) is 0 Å². The van der Waals surface area contributed by atoms with Crippen molar-refractivity contribution in [1.29, 1.82) is 0 Å². The standard InChI is InChI=1S/C22H26N2O3/c1-23(2)19-11-9-17(10-12-19)15-24(16-21-8-5-13-27-21)22(25)18-6-4-7-20(14-18)26-3/h4-7,9-14,21H,8,15-16H2,1-3H3. The summed E-state index contributed by atoms with van der Waals surface area (Å²) in [5.41, 5.74) is 2.83. The first-order chi connectivity index (χ1) is 13.1. The van der Waals surface area contributed by atoms with Gasteiger partial charge in [-0.1, -0.05) is 18.2 Å². The molecule has 0 aliphatic carbocycles. The number of amides is 1. The third-order valence-electron chi connectivity index (χ3n) is 4.62. The highest BCUT2D eigenvalue weighted by molar-refractivity contribution is 5.94. The fraction of sp³-hybridized carbons (Fsp3) is 0.318. The molecule has 1 aliphatic heterocycles. The number of hydrogen-bond donors (Lipinski definition) is 0. The van der Waals surface area contributed by atoms with Crippen molar-refractivity contribution in [3.8, 4) is 5.75 Å². The van der Waals surface area contributed by atoms with Gasteiger partial charge in [-0.05, 0) is 42.0 Å². The van der Waals surface area contributed by atoms with Gasteiger partial charge in [0.1, 0.15) is 11.9 Å². The Bertz CT molecular complexity index is 791. The van der Waals surface area contributed by atoms with Gasteiger partial charge in [0.15, 0.2) is 0 Å². The quantitative estimate of drug-likeness (QED) is 0.749. The molecule has 1 heterocycles. The third kappa shape index (κ3) is 4.82. The molecule has 0 spiro atoms. The molecule has 5 heteroatoms. The van der Waals surface area contributed by atoms with Crippen molar-refractivity contribution >= 4 is 11.6 Å². The smallest absolute Gasteiger partial charge is 0.254 e. The lowest BCUT2D eigenvalue weighted by Gasteiger charge is -2.26. The van der Waals surface area contributed by atoms with Gasteiger partial charge in [-0.25, -0.2) is 0 Å². The summed E-state index contributed by atoms with van der Waals surface area (Å²) in [4.78, 5) is 17.1. The molecule has 27 heavy (non-hydrogen) atoms. The third-order valence-corrected chi connectivity index (χ3v) is 4.62. The Kier molecular flexibility index (Phi) is 6.01. The molecule has 0 aromatic heterocycles. The molecule has 1 aliphatic rings. The van der Waals surface area contributed by atoms with Crippen molar-refractivity contribution in [3.63, 3.8) is 0 Å². The van der Waals surface area contributed by atoms with E-state index in [1.807, 2.05) is 43.3 Å². The van der Waals surface area contributed by atoms with E-state index in [1.165, 1.54) is 0 Å². The minimum atomic E-state index is -0.0268. The molecule has 0 saturated carbocycles. The van der Waals surface area contributed by atoms with Crippen LogP contribution in [0.4, 0.5) is 5.69 Å². The van der Waals surface area contributed by atoms with Gasteiger partial charge in [0.2, 0.25) is 0 Å². The van der Waals surface area contributed by atoms with E-state index < -0.39 is 0 Å². The molecule has 5 nitrogen and oxygen atoms in total. The number of nitrogens with zero attached hydrogens (tertiary/aromatic N) is 2.